The number of nitriles is 1. The molecule has 7 heteroatoms. The van der Waals surface area contributed by atoms with Crippen molar-refractivity contribution in [1.82, 2.24) is 5.32 Å². The first kappa shape index (κ1) is 23.2. The molecule has 0 fully saturated rings. The quantitative estimate of drug-likeness (QED) is 0.392. The molecular weight excluding hydrogens is 421 g/mol. The topological polar surface area (TPSA) is 91.2 Å². The molecule has 2 N–H and O–H groups in total. The van der Waals surface area contributed by atoms with Crippen LogP contribution in [0.4, 0.5) is 10.1 Å². The molecule has 0 spiro atoms. The third-order valence-corrected chi connectivity index (χ3v) is 4.70. The lowest BCUT2D eigenvalue weighted by Crippen LogP contribution is -2.27. The summed E-state index contributed by atoms with van der Waals surface area (Å²) in [4.78, 5) is 24.5. The van der Waals surface area contributed by atoms with Crippen molar-refractivity contribution in [2.24, 2.45) is 0 Å². The molecule has 0 bridgehead atoms. The van der Waals surface area contributed by atoms with E-state index in [-0.39, 0.29) is 29.9 Å². The lowest BCUT2D eigenvalue weighted by Gasteiger charge is -2.13. The van der Waals surface area contributed by atoms with Crippen molar-refractivity contribution in [3.8, 4) is 11.8 Å². The van der Waals surface area contributed by atoms with E-state index in [4.69, 9.17) is 4.74 Å². The molecule has 6 nitrogen and oxygen atoms in total. The smallest absolute Gasteiger partial charge is 0.262 e. The zero-order valence-corrected chi connectivity index (χ0v) is 17.9. The van der Waals surface area contributed by atoms with Crippen LogP contribution in [-0.2, 0) is 9.59 Å². The Balaban J connectivity index is 1.55. The van der Waals surface area contributed by atoms with Crippen molar-refractivity contribution >= 4 is 23.6 Å². The molecule has 0 saturated carbocycles. The number of amides is 2. The Morgan fingerprint density at radius 2 is 1.70 bits per heavy atom. The maximum Gasteiger partial charge on any atom is 0.262 e. The zero-order valence-electron chi connectivity index (χ0n) is 17.9. The highest BCUT2D eigenvalue weighted by Gasteiger charge is 2.13. The minimum Gasteiger partial charge on any atom is -0.484 e. The predicted molar refractivity (Wildman–Crippen MR) is 124 cm³/mol. The van der Waals surface area contributed by atoms with Gasteiger partial charge in [0, 0.05) is 5.69 Å². The number of hydrogen-bond donors (Lipinski definition) is 2. The third kappa shape index (κ3) is 7.04. The molecule has 0 heterocycles. The highest BCUT2D eigenvalue weighted by atomic mass is 19.1. The molecule has 0 aromatic heterocycles. The molecule has 33 heavy (non-hydrogen) atoms. The number of anilines is 1. The van der Waals surface area contributed by atoms with Crippen LogP contribution in [0.15, 0.2) is 84.4 Å². The molecule has 3 aromatic rings. The van der Waals surface area contributed by atoms with Gasteiger partial charge in [-0.2, -0.15) is 5.26 Å². The molecule has 2 amide bonds. The first-order chi connectivity index (χ1) is 15.9. The average Bonchev–Trinajstić information content (AvgIpc) is 2.84. The van der Waals surface area contributed by atoms with Crippen molar-refractivity contribution in [1.29, 1.82) is 5.26 Å². The molecule has 0 unspecified atom stereocenters. The van der Waals surface area contributed by atoms with Crippen LogP contribution in [0.3, 0.4) is 0 Å². The van der Waals surface area contributed by atoms with Gasteiger partial charge in [-0.25, -0.2) is 4.39 Å². The van der Waals surface area contributed by atoms with E-state index in [2.05, 4.69) is 10.6 Å². The molecule has 1 atom stereocenters. The normalized spacial score (nSPS) is 11.7. The summed E-state index contributed by atoms with van der Waals surface area (Å²) in [5.41, 5.74) is 2.02. The Morgan fingerprint density at radius 3 is 2.33 bits per heavy atom. The van der Waals surface area contributed by atoms with Gasteiger partial charge >= 0.3 is 0 Å². The van der Waals surface area contributed by atoms with Gasteiger partial charge < -0.3 is 15.4 Å². The van der Waals surface area contributed by atoms with Crippen LogP contribution in [0.1, 0.15) is 24.1 Å². The second-order valence-electron chi connectivity index (χ2n) is 7.19. The first-order valence-electron chi connectivity index (χ1n) is 10.2. The summed E-state index contributed by atoms with van der Waals surface area (Å²) < 4.78 is 18.4. The lowest BCUT2D eigenvalue weighted by molar-refractivity contribution is -0.118. The van der Waals surface area contributed by atoms with E-state index in [1.54, 1.807) is 24.3 Å². The molecule has 0 radical (unpaired) electrons. The fourth-order valence-electron chi connectivity index (χ4n) is 2.95. The van der Waals surface area contributed by atoms with E-state index in [0.717, 1.165) is 5.56 Å². The fraction of sp³-hybridized carbons (Fsp3) is 0.115. The van der Waals surface area contributed by atoms with Crippen LogP contribution < -0.4 is 15.4 Å². The number of rotatable bonds is 8. The van der Waals surface area contributed by atoms with E-state index in [1.807, 2.05) is 43.3 Å². The second-order valence-corrected chi connectivity index (χ2v) is 7.19. The van der Waals surface area contributed by atoms with E-state index < -0.39 is 5.91 Å². The number of nitrogens with zero attached hydrogens (tertiary/aromatic N) is 1. The Kier molecular flexibility index (Phi) is 7.92. The van der Waals surface area contributed by atoms with Gasteiger partial charge in [0.05, 0.1) is 6.04 Å². The fourth-order valence-corrected chi connectivity index (χ4v) is 2.95. The van der Waals surface area contributed by atoms with Gasteiger partial charge in [0.25, 0.3) is 11.8 Å². The molecule has 3 rings (SSSR count). The highest BCUT2D eigenvalue weighted by molar-refractivity contribution is 6.01. The maximum atomic E-state index is 12.9. The largest absolute Gasteiger partial charge is 0.484 e. The summed E-state index contributed by atoms with van der Waals surface area (Å²) in [6.45, 7) is 1.62. The standard InChI is InChI=1S/C26H22FN3O3/c1-18(20-5-3-2-4-6-20)29-26(32)21(16-28)15-19-7-13-24(14-8-19)33-17-25(31)30-23-11-9-22(27)10-12-23/h2-15,18H,17H2,1H3,(H,29,32)(H,30,31)/b21-15+/t18-/m0/s1. The monoisotopic (exact) mass is 443 g/mol. The van der Waals surface area contributed by atoms with Crippen molar-refractivity contribution in [3.05, 3.63) is 101 Å². The predicted octanol–water partition coefficient (Wildman–Crippen LogP) is 4.63. The van der Waals surface area contributed by atoms with Crippen LogP contribution in [0.2, 0.25) is 0 Å². The third-order valence-electron chi connectivity index (χ3n) is 4.70. The maximum absolute atomic E-state index is 12.9. The van der Waals surface area contributed by atoms with Crippen LogP contribution in [-0.4, -0.2) is 18.4 Å². The number of hydrogen-bond acceptors (Lipinski definition) is 4. The van der Waals surface area contributed by atoms with Gasteiger partial charge in [-0.05, 0) is 60.5 Å². The number of ether oxygens (including phenoxy) is 1. The van der Waals surface area contributed by atoms with E-state index >= 15 is 0 Å². The summed E-state index contributed by atoms with van der Waals surface area (Å²) in [5.74, 6) is -0.795. The summed E-state index contributed by atoms with van der Waals surface area (Å²) in [5, 5.41) is 14.8. The molecule has 0 aliphatic carbocycles. The van der Waals surface area contributed by atoms with E-state index in [0.29, 0.717) is 17.0 Å². The van der Waals surface area contributed by atoms with Crippen LogP contribution in [0.25, 0.3) is 6.08 Å². The van der Waals surface area contributed by atoms with E-state index in [9.17, 15) is 19.2 Å². The minimum absolute atomic E-state index is 0.0230. The lowest BCUT2D eigenvalue weighted by atomic mass is 10.1. The van der Waals surface area contributed by atoms with E-state index in [1.165, 1.54) is 30.3 Å². The summed E-state index contributed by atoms with van der Waals surface area (Å²) in [7, 11) is 0. The van der Waals surface area contributed by atoms with Gasteiger partial charge in [-0.15, -0.1) is 0 Å². The van der Waals surface area contributed by atoms with Gasteiger partial charge in [0.2, 0.25) is 0 Å². The summed E-state index contributed by atoms with van der Waals surface area (Å²) in [6.07, 6.45) is 1.48. The summed E-state index contributed by atoms with van der Waals surface area (Å²) in [6, 6.07) is 23.2. The second kappa shape index (κ2) is 11.3. The number of carbonyl (C=O) groups is 2. The molecular formula is C26H22FN3O3. The van der Waals surface area contributed by atoms with Crippen molar-refractivity contribution in [2.75, 3.05) is 11.9 Å². The molecule has 166 valence electrons. The SMILES string of the molecule is C[C@H](NC(=O)/C(C#N)=C/c1ccc(OCC(=O)Nc2ccc(F)cc2)cc1)c1ccccc1. The van der Waals surface area contributed by atoms with Crippen LogP contribution in [0, 0.1) is 17.1 Å². The number of carbonyl (C=O) groups excluding carboxylic acids is 2. The van der Waals surface area contributed by atoms with Crippen molar-refractivity contribution < 1.29 is 18.7 Å². The van der Waals surface area contributed by atoms with Gasteiger partial charge in [-0.1, -0.05) is 42.5 Å². The Labute approximate surface area is 191 Å². The minimum atomic E-state index is -0.466. The van der Waals surface area contributed by atoms with Crippen molar-refractivity contribution in [3.63, 3.8) is 0 Å². The van der Waals surface area contributed by atoms with Crippen LogP contribution in [0.5, 0.6) is 5.75 Å². The Morgan fingerprint density at radius 1 is 1.03 bits per heavy atom. The van der Waals surface area contributed by atoms with Gasteiger partial charge in [0.1, 0.15) is 23.2 Å². The van der Waals surface area contributed by atoms with Crippen LogP contribution >= 0.6 is 0 Å². The summed E-state index contributed by atoms with van der Waals surface area (Å²) >= 11 is 0. The number of halogens is 1. The Bertz CT molecular complexity index is 1170. The molecule has 0 aliphatic heterocycles. The molecule has 3 aromatic carbocycles. The molecule has 0 aliphatic rings. The molecule has 0 saturated heterocycles. The van der Waals surface area contributed by atoms with Gasteiger partial charge in [-0.3, -0.25) is 9.59 Å². The number of benzene rings is 3. The average molecular weight is 443 g/mol. The first-order valence-corrected chi connectivity index (χ1v) is 10.2. The Hall–Kier alpha value is -4.44. The van der Waals surface area contributed by atoms with Crippen molar-refractivity contribution in [2.45, 2.75) is 13.0 Å². The zero-order chi connectivity index (χ0) is 23.6. The highest BCUT2D eigenvalue weighted by Crippen LogP contribution is 2.16. The number of nitrogens with one attached hydrogen (secondary N) is 2. The van der Waals surface area contributed by atoms with Gasteiger partial charge in [0.15, 0.2) is 6.61 Å².